The predicted octanol–water partition coefficient (Wildman–Crippen LogP) is 2.87. The largest absolute Gasteiger partial charge is 0.481 e. The van der Waals surface area contributed by atoms with Gasteiger partial charge in [-0.3, -0.25) is 4.79 Å². The highest BCUT2D eigenvalue weighted by Crippen LogP contribution is 2.25. The molecule has 0 spiro atoms. The van der Waals surface area contributed by atoms with Gasteiger partial charge in [-0.05, 0) is 24.4 Å². The zero-order valence-corrected chi connectivity index (χ0v) is 12.1. The van der Waals surface area contributed by atoms with Gasteiger partial charge < -0.3 is 10.4 Å². The van der Waals surface area contributed by atoms with Gasteiger partial charge in [-0.1, -0.05) is 6.07 Å². The molecule has 2 N–H and O–H groups in total. The number of hydrogen-bond acceptors (Lipinski definition) is 5. The molecule has 6 heteroatoms. The Morgan fingerprint density at radius 1 is 1.37 bits per heavy atom. The van der Waals surface area contributed by atoms with E-state index in [2.05, 4.69) is 27.1 Å². The number of carboxylic acid groups (broad SMARTS) is 1. The molecule has 2 rings (SSSR count). The summed E-state index contributed by atoms with van der Waals surface area (Å²) in [5.41, 5.74) is 1.06. The zero-order chi connectivity index (χ0) is 13.5. The van der Waals surface area contributed by atoms with Crippen LogP contribution in [0.5, 0.6) is 0 Å². The highest BCUT2D eigenvalue weighted by Gasteiger charge is 2.05. The average molecular weight is 296 g/mol. The fourth-order valence-corrected chi connectivity index (χ4v) is 3.21. The highest BCUT2D eigenvalue weighted by molar-refractivity contribution is 7.14. The standard InChI is InChI=1S/C13H16N2O2S2/c16-13(17)4-1-6-14-7-5-12-15-10(9-19-12)11-3-2-8-18-11/h2-3,8-9,14H,1,4-7H2,(H,16,17). The number of rotatable bonds is 8. The Morgan fingerprint density at radius 2 is 2.26 bits per heavy atom. The van der Waals surface area contributed by atoms with Crippen molar-refractivity contribution < 1.29 is 9.90 Å². The van der Waals surface area contributed by atoms with E-state index in [-0.39, 0.29) is 6.42 Å². The molecule has 4 nitrogen and oxygen atoms in total. The second-order valence-electron chi connectivity index (χ2n) is 4.10. The molecule has 2 heterocycles. The van der Waals surface area contributed by atoms with Crippen molar-refractivity contribution in [1.82, 2.24) is 10.3 Å². The van der Waals surface area contributed by atoms with E-state index in [0.29, 0.717) is 6.42 Å². The second-order valence-corrected chi connectivity index (χ2v) is 5.99. The molecule has 2 aromatic heterocycles. The first kappa shape index (κ1) is 14.2. The van der Waals surface area contributed by atoms with E-state index < -0.39 is 5.97 Å². The van der Waals surface area contributed by atoms with Gasteiger partial charge in [0, 0.05) is 24.8 Å². The van der Waals surface area contributed by atoms with E-state index in [1.54, 1.807) is 22.7 Å². The summed E-state index contributed by atoms with van der Waals surface area (Å²) in [5.74, 6) is -0.734. The van der Waals surface area contributed by atoms with Gasteiger partial charge in [-0.2, -0.15) is 0 Å². The zero-order valence-electron chi connectivity index (χ0n) is 10.5. The molecule has 0 unspecified atom stereocenters. The SMILES string of the molecule is O=C(O)CCCNCCc1nc(-c2cccs2)cs1. The fraction of sp³-hybridized carbons (Fsp3) is 0.385. The molecule has 0 aliphatic carbocycles. The van der Waals surface area contributed by atoms with E-state index in [1.165, 1.54) is 4.88 Å². The summed E-state index contributed by atoms with van der Waals surface area (Å²) in [6.45, 7) is 1.59. The Morgan fingerprint density at radius 3 is 3.00 bits per heavy atom. The quantitative estimate of drug-likeness (QED) is 0.735. The van der Waals surface area contributed by atoms with Crippen molar-refractivity contribution in [2.45, 2.75) is 19.3 Å². The van der Waals surface area contributed by atoms with Crippen LogP contribution in [0.2, 0.25) is 0 Å². The molecule has 0 aromatic carbocycles. The van der Waals surface area contributed by atoms with Crippen molar-refractivity contribution in [3.63, 3.8) is 0 Å². The third kappa shape index (κ3) is 4.74. The third-order valence-electron chi connectivity index (χ3n) is 2.59. The van der Waals surface area contributed by atoms with Crippen molar-refractivity contribution in [2.24, 2.45) is 0 Å². The lowest BCUT2D eigenvalue weighted by Gasteiger charge is -2.01. The second kappa shape index (κ2) is 7.37. The molecule has 0 amide bonds. The first-order valence-electron chi connectivity index (χ1n) is 6.16. The van der Waals surface area contributed by atoms with Crippen LogP contribution in [-0.4, -0.2) is 29.1 Å². The molecule has 0 aliphatic heterocycles. The Hall–Kier alpha value is -1.24. The number of aliphatic carboxylic acids is 1. The molecule has 0 fully saturated rings. The van der Waals surface area contributed by atoms with Gasteiger partial charge in [0.15, 0.2) is 0 Å². The number of aromatic nitrogens is 1. The van der Waals surface area contributed by atoms with Crippen LogP contribution in [0.4, 0.5) is 0 Å². The Balaban J connectivity index is 1.68. The molecule has 2 aromatic rings. The Kier molecular flexibility index (Phi) is 5.50. The summed E-state index contributed by atoms with van der Waals surface area (Å²) in [6, 6.07) is 4.11. The van der Waals surface area contributed by atoms with Crippen LogP contribution in [0, 0.1) is 0 Å². The van der Waals surface area contributed by atoms with Crippen LogP contribution in [0.1, 0.15) is 17.8 Å². The van der Waals surface area contributed by atoms with Gasteiger partial charge >= 0.3 is 5.97 Å². The average Bonchev–Trinajstić information content (AvgIpc) is 3.03. The number of carbonyl (C=O) groups is 1. The fourth-order valence-electron chi connectivity index (χ4n) is 1.65. The number of thiazole rings is 1. The maximum Gasteiger partial charge on any atom is 0.303 e. The van der Waals surface area contributed by atoms with Crippen LogP contribution < -0.4 is 5.32 Å². The van der Waals surface area contributed by atoms with Crippen LogP contribution >= 0.6 is 22.7 Å². The summed E-state index contributed by atoms with van der Waals surface area (Å²) < 4.78 is 0. The highest BCUT2D eigenvalue weighted by atomic mass is 32.1. The minimum atomic E-state index is -0.734. The predicted molar refractivity (Wildman–Crippen MR) is 78.9 cm³/mol. The van der Waals surface area contributed by atoms with E-state index >= 15 is 0 Å². The molecule has 19 heavy (non-hydrogen) atoms. The molecule has 0 atom stereocenters. The monoisotopic (exact) mass is 296 g/mol. The van der Waals surface area contributed by atoms with E-state index in [0.717, 1.165) is 30.2 Å². The molecule has 0 saturated carbocycles. The smallest absolute Gasteiger partial charge is 0.303 e. The number of carboxylic acids is 1. The molecule has 0 radical (unpaired) electrons. The van der Waals surface area contributed by atoms with Crippen LogP contribution in [0.3, 0.4) is 0 Å². The summed E-state index contributed by atoms with van der Waals surface area (Å²) in [7, 11) is 0. The van der Waals surface area contributed by atoms with Gasteiger partial charge in [0.05, 0.1) is 15.6 Å². The molecule has 0 aliphatic rings. The number of thiophene rings is 1. The minimum absolute atomic E-state index is 0.229. The number of hydrogen-bond donors (Lipinski definition) is 2. The maximum atomic E-state index is 10.3. The van der Waals surface area contributed by atoms with Gasteiger partial charge in [0.1, 0.15) is 0 Å². The van der Waals surface area contributed by atoms with Crippen LogP contribution in [0.15, 0.2) is 22.9 Å². The van der Waals surface area contributed by atoms with Crippen molar-refractivity contribution in [3.05, 3.63) is 27.9 Å². The van der Waals surface area contributed by atoms with Gasteiger partial charge in [0.2, 0.25) is 0 Å². The summed E-state index contributed by atoms with van der Waals surface area (Å²) in [4.78, 5) is 16.1. The van der Waals surface area contributed by atoms with Crippen LogP contribution in [-0.2, 0) is 11.2 Å². The van der Waals surface area contributed by atoms with Crippen molar-refractivity contribution >= 4 is 28.6 Å². The van der Waals surface area contributed by atoms with E-state index in [1.807, 2.05) is 6.07 Å². The van der Waals surface area contributed by atoms with Gasteiger partial charge in [0.25, 0.3) is 0 Å². The minimum Gasteiger partial charge on any atom is -0.481 e. The van der Waals surface area contributed by atoms with Crippen molar-refractivity contribution in [2.75, 3.05) is 13.1 Å². The summed E-state index contributed by atoms with van der Waals surface area (Å²) >= 11 is 3.38. The lowest BCUT2D eigenvalue weighted by molar-refractivity contribution is -0.137. The first-order valence-corrected chi connectivity index (χ1v) is 7.92. The Bertz CT molecular complexity index is 508. The normalized spacial score (nSPS) is 10.7. The number of nitrogens with one attached hydrogen (secondary N) is 1. The van der Waals surface area contributed by atoms with Crippen LogP contribution in [0.25, 0.3) is 10.6 Å². The van der Waals surface area contributed by atoms with Crippen molar-refractivity contribution in [3.8, 4) is 10.6 Å². The molecule has 0 saturated heterocycles. The third-order valence-corrected chi connectivity index (χ3v) is 4.39. The molecule has 102 valence electrons. The first-order chi connectivity index (χ1) is 9.25. The van der Waals surface area contributed by atoms with E-state index in [9.17, 15) is 4.79 Å². The molecular weight excluding hydrogens is 280 g/mol. The molecule has 0 bridgehead atoms. The Labute approximate surface area is 120 Å². The van der Waals surface area contributed by atoms with Gasteiger partial charge in [-0.25, -0.2) is 4.98 Å². The summed E-state index contributed by atoms with van der Waals surface area (Å²) in [6.07, 6.45) is 1.80. The van der Waals surface area contributed by atoms with E-state index in [4.69, 9.17) is 5.11 Å². The number of nitrogens with zero attached hydrogens (tertiary/aromatic N) is 1. The lowest BCUT2D eigenvalue weighted by Crippen LogP contribution is -2.19. The van der Waals surface area contributed by atoms with Crippen molar-refractivity contribution in [1.29, 1.82) is 0 Å². The topological polar surface area (TPSA) is 62.2 Å². The maximum absolute atomic E-state index is 10.3. The van der Waals surface area contributed by atoms with Gasteiger partial charge in [-0.15, -0.1) is 22.7 Å². The summed E-state index contributed by atoms with van der Waals surface area (Å²) in [5, 5.41) is 17.0. The molecular formula is C13H16N2O2S2. The lowest BCUT2D eigenvalue weighted by atomic mass is 10.3.